The quantitative estimate of drug-likeness (QED) is 0.896. The van der Waals surface area contributed by atoms with Gasteiger partial charge in [-0.2, -0.15) is 0 Å². The number of piperidine rings is 1. The molecule has 2 unspecified atom stereocenters. The van der Waals surface area contributed by atoms with Crippen LogP contribution >= 0.6 is 0 Å². The summed E-state index contributed by atoms with van der Waals surface area (Å²) in [6.45, 7) is 3.76. The van der Waals surface area contributed by atoms with Crippen molar-refractivity contribution < 1.29 is 14.3 Å². The van der Waals surface area contributed by atoms with Crippen LogP contribution in [0.15, 0.2) is 18.3 Å². The van der Waals surface area contributed by atoms with Crippen LogP contribution in [0.25, 0.3) is 0 Å². The average Bonchev–Trinajstić information content (AvgIpc) is 3.15. The Balaban J connectivity index is 1.69. The van der Waals surface area contributed by atoms with Crippen molar-refractivity contribution in [3.8, 4) is 0 Å². The Hall–Kier alpha value is -1.50. The van der Waals surface area contributed by atoms with Crippen molar-refractivity contribution >= 4 is 5.91 Å². The summed E-state index contributed by atoms with van der Waals surface area (Å²) in [6.07, 6.45) is 6.33. The number of nitrogens with two attached hydrogens (primary N) is 1. The number of aromatic nitrogens is 1. The van der Waals surface area contributed by atoms with Crippen LogP contribution < -0.4 is 5.73 Å². The third-order valence-corrected chi connectivity index (χ3v) is 6.45. The molecule has 4 rings (SSSR count). The molecule has 0 aromatic carbocycles. The molecule has 0 spiro atoms. The van der Waals surface area contributed by atoms with Crippen molar-refractivity contribution in [1.29, 1.82) is 0 Å². The fourth-order valence-electron chi connectivity index (χ4n) is 5.31. The molecule has 1 amide bonds. The molecule has 0 radical (unpaired) electrons. The van der Waals surface area contributed by atoms with Crippen molar-refractivity contribution in [3.63, 3.8) is 0 Å². The van der Waals surface area contributed by atoms with Crippen molar-refractivity contribution in [1.82, 2.24) is 9.88 Å². The first-order valence-electron chi connectivity index (χ1n) is 9.28. The molecule has 3 aliphatic rings. The first kappa shape index (κ1) is 16.9. The van der Waals surface area contributed by atoms with Gasteiger partial charge in [0.1, 0.15) is 11.3 Å². The number of hydrogen-bond donors (Lipinski definition) is 1. The lowest BCUT2D eigenvalue weighted by Gasteiger charge is -2.56. The van der Waals surface area contributed by atoms with Gasteiger partial charge in [-0.15, -0.1) is 0 Å². The number of primary amides is 1. The number of rotatable bonds is 4. The highest BCUT2D eigenvalue weighted by Gasteiger charge is 2.54. The first-order chi connectivity index (χ1) is 12.1. The van der Waals surface area contributed by atoms with Gasteiger partial charge in [0.25, 0.3) is 5.91 Å². The summed E-state index contributed by atoms with van der Waals surface area (Å²) in [4.78, 5) is 18.3. The Kier molecular flexibility index (Phi) is 4.52. The number of likely N-dealkylation sites (tertiary alicyclic amines) is 1. The van der Waals surface area contributed by atoms with Gasteiger partial charge in [0.15, 0.2) is 0 Å². The number of hydrogen-bond acceptors (Lipinski definition) is 5. The number of ether oxygens (including phenoxy) is 2. The highest BCUT2D eigenvalue weighted by atomic mass is 16.5. The summed E-state index contributed by atoms with van der Waals surface area (Å²) in [5.41, 5.74) is 6.48. The van der Waals surface area contributed by atoms with Gasteiger partial charge in [0.05, 0.1) is 6.61 Å². The first-order valence-corrected chi connectivity index (χ1v) is 9.28. The van der Waals surface area contributed by atoms with Crippen molar-refractivity contribution in [2.45, 2.75) is 37.3 Å². The average molecular weight is 345 g/mol. The molecular weight excluding hydrogens is 318 g/mol. The van der Waals surface area contributed by atoms with Crippen molar-refractivity contribution in [2.75, 3.05) is 33.4 Å². The Bertz CT molecular complexity index is 631. The summed E-state index contributed by atoms with van der Waals surface area (Å²) < 4.78 is 11.8. The van der Waals surface area contributed by atoms with Gasteiger partial charge in [-0.3, -0.25) is 14.7 Å². The second-order valence-electron chi connectivity index (χ2n) is 7.59. The van der Waals surface area contributed by atoms with Crippen LogP contribution in [-0.2, 0) is 15.1 Å². The third-order valence-electron chi connectivity index (χ3n) is 6.45. The maximum absolute atomic E-state index is 11.6. The molecule has 2 N–H and O–H groups in total. The molecule has 1 aliphatic carbocycles. The van der Waals surface area contributed by atoms with Crippen LogP contribution in [0, 0.1) is 11.8 Å². The van der Waals surface area contributed by atoms with Crippen molar-refractivity contribution in [2.24, 2.45) is 17.6 Å². The minimum Gasteiger partial charge on any atom is -0.380 e. The van der Waals surface area contributed by atoms with E-state index in [1.807, 2.05) is 19.2 Å². The van der Waals surface area contributed by atoms with Crippen molar-refractivity contribution in [3.05, 3.63) is 29.6 Å². The maximum Gasteiger partial charge on any atom is 0.267 e. The van der Waals surface area contributed by atoms with E-state index in [0.29, 0.717) is 23.6 Å². The maximum atomic E-state index is 11.6. The Morgan fingerprint density at radius 1 is 1.36 bits per heavy atom. The lowest BCUT2D eigenvalue weighted by molar-refractivity contribution is -0.174. The molecule has 2 bridgehead atoms. The number of fused-ring (bicyclic) bond motifs is 2. The molecule has 2 aliphatic heterocycles. The fraction of sp³-hybridized carbons (Fsp3) is 0.684. The van der Waals surface area contributed by atoms with Crippen LogP contribution in [-0.4, -0.2) is 55.2 Å². The number of pyridine rings is 1. The van der Waals surface area contributed by atoms with Crippen LogP contribution in [0.4, 0.5) is 0 Å². The van der Waals surface area contributed by atoms with Crippen LogP contribution in [0.2, 0.25) is 0 Å². The summed E-state index contributed by atoms with van der Waals surface area (Å²) in [5.74, 6) is 0.334. The van der Waals surface area contributed by atoms with E-state index in [9.17, 15) is 4.79 Å². The zero-order valence-corrected chi connectivity index (χ0v) is 14.8. The zero-order chi connectivity index (χ0) is 17.4. The van der Waals surface area contributed by atoms with E-state index in [1.165, 1.54) is 6.42 Å². The molecule has 3 heterocycles. The number of methoxy groups -OCH3 is 1. The van der Waals surface area contributed by atoms with Gasteiger partial charge in [-0.25, -0.2) is 0 Å². The number of nitrogens with zero attached hydrogens (tertiary/aromatic N) is 2. The summed E-state index contributed by atoms with van der Waals surface area (Å²) in [7, 11) is 1.81. The van der Waals surface area contributed by atoms with Gasteiger partial charge >= 0.3 is 0 Å². The monoisotopic (exact) mass is 345 g/mol. The predicted octanol–water partition coefficient (Wildman–Crippen LogP) is 1.54. The van der Waals surface area contributed by atoms with Crippen LogP contribution in [0.3, 0.4) is 0 Å². The van der Waals surface area contributed by atoms with E-state index in [0.717, 1.165) is 51.1 Å². The highest BCUT2D eigenvalue weighted by Crippen LogP contribution is 2.52. The van der Waals surface area contributed by atoms with Gasteiger partial charge in [-0.05, 0) is 37.0 Å². The van der Waals surface area contributed by atoms with Gasteiger partial charge in [0.2, 0.25) is 0 Å². The molecule has 1 aromatic heterocycles. The topological polar surface area (TPSA) is 77.7 Å². The zero-order valence-electron chi connectivity index (χ0n) is 14.8. The molecule has 136 valence electrons. The van der Waals surface area contributed by atoms with Gasteiger partial charge in [0, 0.05) is 50.9 Å². The van der Waals surface area contributed by atoms with Crippen LogP contribution in [0.1, 0.15) is 41.7 Å². The predicted molar refractivity (Wildman–Crippen MR) is 93.1 cm³/mol. The number of carbonyl (C=O) groups excluding carboxylic acids is 1. The minimum absolute atomic E-state index is 0.318. The number of carbonyl (C=O) groups is 1. The van der Waals surface area contributed by atoms with E-state index in [-0.39, 0.29) is 5.60 Å². The number of amides is 1. The standard InChI is InChI=1S/C19H27N3O3/c1-24-19(13-5-7-21-17(9-13)18(20)23)14-3-2-4-15(19)11-22(10-14)16-6-8-25-12-16/h5,7,9,14-16H,2-4,6,8,10-12H2,1H3,(H2,20,23)/t14?,15?,16-,19?/m1/s1. The second-order valence-corrected chi connectivity index (χ2v) is 7.59. The minimum atomic E-state index is -0.487. The molecule has 1 saturated carbocycles. The summed E-state index contributed by atoms with van der Waals surface area (Å²) in [5, 5.41) is 0. The molecule has 3 fully saturated rings. The third kappa shape index (κ3) is 2.76. The van der Waals surface area contributed by atoms with E-state index in [1.54, 1.807) is 6.20 Å². The Labute approximate surface area is 148 Å². The smallest absolute Gasteiger partial charge is 0.267 e. The SMILES string of the molecule is COC1(c2ccnc(C(N)=O)c2)C2CCCC1CN([C@@H]1CCOC1)C2. The Morgan fingerprint density at radius 3 is 2.72 bits per heavy atom. The highest BCUT2D eigenvalue weighted by molar-refractivity contribution is 5.90. The van der Waals surface area contributed by atoms with E-state index >= 15 is 0 Å². The lowest BCUT2D eigenvalue weighted by atomic mass is 9.62. The molecule has 2 saturated heterocycles. The largest absolute Gasteiger partial charge is 0.380 e. The molecule has 3 atom stereocenters. The van der Waals surface area contributed by atoms with Gasteiger partial charge in [-0.1, -0.05) is 6.42 Å². The molecule has 6 heteroatoms. The van der Waals surface area contributed by atoms with E-state index < -0.39 is 5.91 Å². The molecule has 1 aromatic rings. The molecule has 6 nitrogen and oxygen atoms in total. The van der Waals surface area contributed by atoms with Gasteiger partial charge < -0.3 is 15.2 Å². The summed E-state index contributed by atoms with van der Waals surface area (Å²) >= 11 is 0. The fourth-order valence-corrected chi connectivity index (χ4v) is 5.31. The van der Waals surface area contributed by atoms with E-state index in [2.05, 4.69) is 9.88 Å². The molecular formula is C19H27N3O3. The lowest BCUT2D eigenvalue weighted by Crippen LogP contribution is -2.61. The van der Waals surface area contributed by atoms with E-state index in [4.69, 9.17) is 15.2 Å². The molecule has 25 heavy (non-hydrogen) atoms. The Morgan fingerprint density at radius 2 is 2.12 bits per heavy atom. The summed E-state index contributed by atoms with van der Waals surface area (Å²) in [6, 6.07) is 4.37. The second kappa shape index (κ2) is 6.67. The van der Waals surface area contributed by atoms with Crippen LogP contribution in [0.5, 0.6) is 0 Å². The normalized spacial score (nSPS) is 35.6.